The Hall–Kier alpha value is -2.02. The van der Waals surface area contributed by atoms with E-state index in [0.29, 0.717) is 5.69 Å². The second-order valence-electron chi connectivity index (χ2n) is 3.12. The molecule has 0 saturated heterocycles. The van der Waals surface area contributed by atoms with Crippen LogP contribution in [0.15, 0.2) is 23.1 Å². The summed E-state index contributed by atoms with van der Waals surface area (Å²) in [4.78, 5) is -0.0906. The lowest BCUT2D eigenvalue weighted by Gasteiger charge is -2.06. The van der Waals surface area contributed by atoms with E-state index >= 15 is 0 Å². The number of nitriles is 1. The van der Waals surface area contributed by atoms with Gasteiger partial charge in [0.25, 0.3) is 0 Å². The number of sulfonamides is 1. The monoisotopic (exact) mass is 249 g/mol. The Labute approximate surface area is 100 Å². The average Bonchev–Trinajstić information content (AvgIpc) is 2.28. The molecule has 3 N–H and O–H groups in total. The molecule has 1 aromatic rings. The fraction of sp³-hybridized carbons (Fsp3) is 0.182. The van der Waals surface area contributed by atoms with Gasteiger partial charge in [0.05, 0.1) is 17.0 Å². The summed E-state index contributed by atoms with van der Waals surface area (Å²) in [5.41, 5.74) is 5.84. The molecule has 17 heavy (non-hydrogen) atoms. The topological polar surface area (TPSA) is 96.0 Å². The molecule has 0 atom stereocenters. The Bertz CT molecular complexity index is 618. The maximum atomic E-state index is 11.8. The van der Waals surface area contributed by atoms with Crippen molar-refractivity contribution >= 4 is 15.7 Å². The van der Waals surface area contributed by atoms with E-state index in [4.69, 9.17) is 11.0 Å². The molecule has 0 saturated carbocycles. The molecule has 0 aliphatic carbocycles. The Morgan fingerprint density at radius 2 is 2.18 bits per heavy atom. The summed E-state index contributed by atoms with van der Waals surface area (Å²) in [5, 5.41) is 8.85. The van der Waals surface area contributed by atoms with Crippen LogP contribution in [0.4, 0.5) is 5.69 Å². The molecule has 0 amide bonds. The van der Waals surface area contributed by atoms with Gasteiger partial charge in [-0.2, -0.15) is 9.98 Å². The number of anilines is 1. The summed E-state index contributed by atoms with van der Waals surface area (Å²) < 4.78 is 25.9. The van der Waals surface area contributed by atoms with Gasteiger partial charge in [0, 0.05) is 5.69 Å². The summed E-state index contributed by atoms with van der Waals surface area (Å²) >= 11 is 0. The molecule has 1 aromatic carbocycles. The largest absolute Gasteiger partial charge is 0.399 e. The summed E-state index contributed by atoms with van der Waals surface area (Å²) in [7, 11) is -3.72. The van der Waals surface area contributed by atoms with Gasteiger partial charge in [0.1, 0.15) is 6.07 Å². The van der Waals surface area contributed by atoms with Crippen LogP contribution in [0.5, 0.6) is 0 Å². The zero-order valence-electron chi connectivity index (χ0n) is 9.19. The van der Waals surface area contributed by atoms with Crippen LogP contribution in [-0.2, 0) is 10.0 Å². The van der Waals surface area contributed by atoms with Gasteiger partial charge in [-0.15, -0.1) is 5.92 Å². The smallest absolute Gasteiger partial charge is 0.242 e. The van der Waals surface area contributed by atoms with Gasteiger partial charge >= 0.3 is 0 Å². The summed E-state index contributed by atoms with van der Waals surface area (Å²) in [6.07, 6.45) is 0. The molecule has 0 aliphatic heterocycles. The van der Waals surface area contributed by atoms with Gasteiger partial charge in [0.2, 0.25) is 10.0 Å². The van der Waals surface area contributed by atoms with Crippen LogP contribution in [-0.4, -0.2) is 15.0 Å². The van der Waals surface area contributed by atoms with Crippen molar-refractivity contribution in [2.24, 2.45) is 0 Å². The number of hydrogen-bond donors (Lipinski definition) is 2. The highest BCUT2D eigenvalue weighted by Gasteiger charge is 2.17. The van der Waals surface area contributed by atoms with Crippen molar-refractivity contribution in [2.75, 3.05) is 12.3 Å². The number of nitrogen functional groups attached to an aromatic ring is 1. The zero-order chi connectivity index (χ0) is 12.9. The zero-order valence-corrected chi connectivity index (χ0v) is 10.0. The van der Waals surface area contributed by atoms with Gasteiger partial charge < -0.3 is 5.73 Å². The molecule has 0 spiro atoms. The predicted molar refractivity (Wildman–Crippen MR) is 64.2 cm³/mol. The first-order valence-corrected chi connectivity index (χ1v) is 6.18. The van der Waals surface area contributed by atoms with Gasteiger partial charge in [-0.3, -0.25) is 0 Å². The summed E-state index contributed by atoms with van der Waals surface area (Å²) in [6, 6.07) is 5.85. The molecule has 0 heterocycles. The Balaban J connectivity index is 3.14. The predicted octanol–water partition coefficient (Wildman–Crippen LogP) is 0.442. The first kappa shape index (κ1) is 13.0. The molecular weight excluding hydrogens is 238 g/mol. The lowest BCUT2D eigenvalue weighted by Crippen LogP contribution is -2.24. The molecule has 88 valence electrons. The lowest BCUT2D eigenvalue weighted by atomic mass is 10.2. The molecule has 0 fully saturated rings. The number of nitrogens with two attached hydrogens (primary N) is 1. The van der Waals surface area contributed by atoms with E-state index in [2.05, 4.69) is 16.6 Å². The van der Waals surface area contributed by atoms with Crippen LogP contribution in [0.2, 0.25) is 0 Å². The highest BCUT2D eigenvalue weighted by molar-refractivity contribution is 7.89. The van der Waals surface area contributed by atoms with Crippen molar-refractivity contribution in [3.8, 4) is 17.9 Å². The molecule has 0 bridgehead atoms. The molecule has 0 unspecified atom stereocenters. The van der Waals surface area contributed by atoms with Crippen LogP contribution in [0.1, 0.15) is 12.5 Å². The average molecular weight is 249 g/mol. The van der Waals surface area contributed by atoms with Gasteiger partial charge in [-0.1, -0.05) is 5.92 Å². The number of nitrogens with zero attached hydrogens (tertiary/aromatic N) is 1. The molecule has 1 rings (SSSR count). The third-order valence-electron chi connectivity index (χ3n) is 1.94. The minimum absolute atomic E-state index is 0.00801. The van der Waals surface area contributed by atoms with E-state index in [1.54, 1.807) is 13.0 Å². The van der Waals surface area contributed by atoms with E-state index in [0.717, 1.165) is 0 Å². The third-order valence-corrected chi connectivity index (χ3v) is 3.40. The second-order valence-corrected chi connectivity index (χ2v) is 4.85. The number of hydrogen-bond acceptors (Lipinski definition) is 4. The minimum atomic E-state index is -3.72. The molecular formula is C11H11N3O2S. The first-order chi connectivity index (χ1) is 8.01. The fourth-order valence-electron chi connectivity index (χ4n) is 1.17. The van der Waals surface area contributed by atoms with Crippen molar-refractivity contribution in [2.45, 2.75) is 11.8 Å². The van der Waals surface area contributed by atoms with E-state index in [9.17, 15) is 8.42 Å². The van der Waals surface area contributed by atoms with Gasteiger partial charge in [-0.25, -0.2) is 8.42 Å². The summed E-state index contributed by atoms with van der Waals surface area (Å²) in [6.45, 7) is 1.62. The van der Waals surface area contributed by atoms with Crippen molar-refractivity contribution in [1.29, 1.82) is 5.26 Å². The van der Waals surface area contributed by atoms with Crippen molar-refractivity contribution in [1.82, 2.24) is 4.72 Å². The molecule has 5 nitrogen and oxygen atoms in total. The van der Waals surface area contributed by atoms with E-state index in [1.807, 2.05) is 0 Å². The van der Waals surface area contributed by atoms with Crippen LogP contribution < -0.4 is 10.5 Å². The maximum Gasteiger partial charge on any atom is 0.242 e. The number of benzene rings is 1. The quantitative estimate of drug-likeness (QED) is 0.600. The van der Waals surface area contributed by atoms with Gasteiger partial charge in [0.15, 0.2) is 0 Å². The van der Waals surface area contributed by atoms with E-state index < -0.39 is 10.0 Å². The van der Waals surface area contributed by atoms with E-state index in [1.165, 1.54) is 18.2 Å². The Kier molecular flexibility index (Phi) is 4.11. The SMILES string of the molecule is CC#CCNS(=O)(=O)c1ccc(N)cc1C#N. The number of nitrogens with one attached hydrogen (secondary N) is 1. The van der Waals surface area contributed by atoms with Crippen molar-refractivity contribution in [3.63, 3.8) is 0 Å². The van der Waals surface area contributed by atoms with Crippen molar-refractivity contribution < 1.29 is 8.42 Å². The highest BCUT2D eigenvalue weighted by Crippen LogP contribution is 2.17. The first-order valence-electron chi connectivity index (χ1n) is 4.70. The maximum absolute atomic E-state index is 11.8. The van der Waals surface area contributed by atoms with E-state index in [-0.39, 0.29) is 17.0 Å². The summed E-state index contributed by atoms with van der Waals surface area (Å²) in [5.74, 6) is 5.14. The van der Waals surface area contributed by atoms with Crippen molar-refractivity contribution in [3.05, 3.63) is 23.8 Å². The highest BCUT2D eigenvalue weighted by atomic mass is 32.2. The standard InChI is InChI=1S/C11H11N3O2S/c1-2-3-6-14-17(15,16)11-5-4-10(13)7-9(11)8-12/h4-5,7,14H,6,13H2,1H3. The molecule has 6 heteroatoms. The molecule has 0 radical (unpaired) electrons. The van der Waals surface area contributed by atoms with Crippen LogP contribution in [0, 0.1) is 23.2 Å². The fourth-order valence-corrected chi connectivity index (χ4v) is 2.23. The third kappa shape index (κ3) is 3.22. The minimum Gasteiger partial charge on any atom is -0.399 e. The lowest BCUT2D eigenvalue weighted by molar-refractivity contribution is 0.586. The number of rotatable bonds is 3. The van der Waals surface area contributed by atoms with Crippen LogP contribution >= 0.6 is 0 Å². The Morgan fingerprint density at radius 1 is 1.47 bits per heavy atom. The van der Waals surface area contributed by atoms with Gasteiger partial charge in [-0.05, 0) is 25.1 Å². The van der Waals surface area contributed by atoms with Crippen LogP contribution in [0.25, 0.3) is 0 Å². The second kappa shape index (κ2) is 5.35. The molecule has 0 aliphatic rings. The molecule has 0 aromatic heterocycles. The normalized spacial score (nSPS) is 10.1. The van der Waals surface area contributed by atoms with Crippen LogP contribution in [0.3, 0.4) is 0 Å². The Morgan fingerprint density at radius 3 is 2.76 bits per heavy atom.